The van der Waals surface area contributed by atoms with E-state index < -0.39 is 51.0 Å². The molecule has 1 aromatic rings. The van der Waals surface area contributed by atoms with E-state index in [0.717, 1.165) is 0 Å². The molecule has 0 aromatic heterocycles. The van der Waals surface area contributed by atoms with Gasteiger partial charge in [-0.2, -0.15) is 4.39 Å². The Bertz CT molecular complexity index is 591. The maximum absolute atomic E-state index is 13.6. The summed E-state index contributed by atoms with van der Waals surface area (Å²) in [5.74, 6) is -5.06. The number of Topliss-reactive ketones (excluding diaryl/α,β-unsaturated/α-hetero) is 1. The van der Waals surface area contributed by atoms with Crippen molar-refractivity contribution in [1.82, 2.24) is 0 Å². The van der Waals surface area contributed by atoms with Crippen LogP contribution in [0.2, 0.25) is 5.02 Å². The van der Waals surface area contributed by atoms with Crippen molar-refractivity contribution in [1.29, 1.82) is 0 Å². The third-order valence-corrected chi connectivity index (χ3v) is 2.57. The maximum atomic E-state index is 13.6. The van der Waals surface area contributed by atoms with Crippen molar-refractivity contribution in [3.63, 3.8) is 0 Å². The summed E-state index contributed by atoms with van der Waals surface area (Å²) in [7, 11) is 0. The smallest absolute Gasteiger partial charge is 0.313 e. The number of halogens is 3. The van der Waals surface area contributed by atoms with Gasteiger partial charge in [0.2, 0.25) is 5.82 Å². The maximum Gasteiger partial charge on any atom is 0.313 e. The number of carbonyl (C=O) groups is 2. The Labute approximate surface area is 116 Å². The SMILES string of the molecule is CCOC(=O)CC(=O)c1cc([N+](=O)[O-])c(F)c(Cl)c1F. The minimum Gasteiger partial charge on any atom is -0.466 e. The fraction of sp³-hybridized carbons (Fsp3) is 0.273. The van der Waals surface area contributed by atoms with Crippen molar-refractivity contribution in [3.05, 3.63) is 38.4 Å². The molecule has 6 nitrogen and oxygen atoms in total. The van der Waals surface area contributed by atoms with Gasteiger partial charge in [-0.15, -0.1) is 0 Å². The van der Waals surface area contributed by atoms with Crippen LogP contribution in [0.15, 0.2) is 6.07 Å². The predicted molar refractivity (Wildman–Crippen MR) is 63.6 cm³/mol. The average molecular weight is 308 g/mol. The summed E-state index contributed by atoms with van der Waals surface area (Å²) in [4.78, 5) is 32.2. The molecule has 20 heavy (non-hydrogen) atoms. The van der Waals surface area contributed by atoms with Crippen molar-refractivity contribution in [2.45, 2.75) is 13.3 Å². The summed E-state index contributed by atoms with van der Waals surface area (Å²) in [6.45, 7) is 1.52. The molecule has 0 spiro atoms. The number of esters is 1. The van der Waals surface area contributed by atoms with Crippen molar-refractivity contribution in [2.75, 3.05) is 6.61 Å². The molecule has 108 valence electrons. The molecule has 0 aliphatic rings. The highest BCUT2D eigenvalue weighted by Gasteiger charge is 2.28. The van der Waals surface area contributed by atoms with E-state index in [1.807, 2.05) is 0 Å². The summed E-state index contributed by atoms with van der Waals surface area (Å²) < 4.78 is 31.4. The van der Waals surface area contributed by atoms with E-state index in [1.54, 1.807) is 0 Å². The zero-order valence-electron chi connectivity index (χ0n) is 10.1. The number of nitrogens with zero attached hydrogens (tertiary/aromatic N) is 1. The standard InChI is InChI=1S/C11H8ClF2NO5/c1-2-20-8(17)4-7(16)5-3-6(15(18)19)11(14)9(12)10(5)13/h3H,2,4H2,1H3. The number of nitro benzene ring substituents is 1. The molecule has 0 amide bonds. The van der Waals surface area contributed by atoms with Gasteiger partial charge in [-0.3, -0.25) is 19.7 Å². The molecule has 0 radical (unpaired) electrons. The number of benzene rings is 1. The summed E-state index contributed by atoms with van der Waals surface area (Å²) >= 11 is 5.25. The average Bonchev–Trinajstić information content (AvgIpc) is 2.35. The Balaban J connectivity index is 3.21. The first kappa shape index (κ1) is 16.0. The second-order valence-corrected chi connectivity index (χ2v) is 3.93. The van der Waals surface area contributed by atoms with E-state index in [0.29, 0.717) is 6.07 Å². The van der Waals surface area contributed by atoms with Gasteiger partial charge in [-0.1, -0.05) is 11.6 Å². The number of carbonyl (C=O) groups excluding carboxylic acids is 2. The Morgan fingerprint density at radius 1 is 1.40 bits per heavy atom. The number of nitro groups is 1. The molecule has 0 aliphatic heterocycles. The highest BCUT2D eigenvalue weighted by Crippen LogP contribution is 2.30. The van der Waals surface area contributed by atoms with E-state index in [-0.39, 0.29) is 6.61 Å². The van der Waals surface area contributed by atoms with Gasteiger partial charge in [0.05, 0.1) is 17.1 Å². The first-order chi connectivity index (χ1) is 9.29. The second kappa shape index (κ2) is 6.38. The van der Waals surface area contributed by atoms with E-state index in [2.05, 4.69) is 4.74 Å². The van der Waals surface area contributed by atoms with Gasteiger partial charge in [-0.05, 0) is 6.92 Å². The van der Waals surface area contributed by atoms with E-state index in [1.165, 1.54) is 6.92 Å². The lowest BCUT2D eigenvalue weighted by Gasteiger charge is -2.05. The molecule has 0 unspecified atom stereocenters. The van der Waals surface area contributed by atoms with Crippen LogP contribution in [0, 0.1) is 21.7 Å². The number of hydrogen-bond donors (Lipinski definition) is 0. The van der Waals surface area contributed by atoms with Crippen LogP contribution in [0.25, 0.3) is 0 Å². The third kappa shape index (κ3) is 3.27. The fourth-order valence-electron chi connectivity index (χ4n) is 1.36. The van der Waals surface area contributed by atoms with Gasteiger partial charge in [0, 0.05) is 6.07 Å². The van der Waals surface area contributed by atoms with Crippen molar-refractivity contribution >= 4 is 29.0 Å². The normalized spacial score (nSPS) is 10.2. The largest absolute Gasteiger partial charge is 0.466 e. The van der Waals surface area contributed by atoms with Gasteiger partial charge >= 0.3 is 11.7 Å². The molecule has 0 saturated heterocycles. The first-order valence-corrected chi connectivity index (χ1v) is 5.68. The molecule has 0 heterocycles. The zero-order chi connectivity index (χ0) is 15.4. The van der Waals surface area contributed by atoms with Gasteiger partial charge in [0.15, 0.2) is 11.6 Å². The van der Waals surface area contributed by atoms with Crippen LogP contribution >= 0.6 is 11.6 Å². The molecule has 1 rings (SSSR count). The summed E-state index contributed by atoms with van der Waals surface area (Å²) in [5, 5.41) is 9.39. The van der Waals surface area contributed by atoms with Crippen LogP contribution in [0.5, 0.6) is 0 Å². The summed E-state index contributed by atoms with van der Waals surface area (Å²) in [6.07, 6.45) is -0.829. The molecule has 0 atom stereocenters. The highest BCUT2D eigenvalue weighted by molar-refractivity contribution is 6.31. The van der Waals surface area contributed by atoms with Gasteiger partial charge in [0.1, 0.15) is 11.4 Å². The van der Waals surface area contributed by atoms with Crippen molar-refractivity contribution in [3.8, 4) is 0 Å². The van der Waals surface area contributed by atoms with Crippen LogP contribution in [-0.4, -0.2) is 23.3 Å². The van der Waals surface area contributed by atoms with Gasteiger partial charge < -0.3 is 4.74 Å². The van der Waals surface area contributed by atoms with Crippen LogP contribution < -0.4 is 0 Å². The van der Waals surface area contributed by atoms with Crippen molar-refractivity contribution in [2.24, 2.45) is 0 Å². The monoisotopic (exact) mass is 307 g/mol. The molecule has 0 bridgehead atoms. The zero-order valence-corrected chi connectivity index (χ0v) is 10.9. The predicted octanol–water partition coefficient (Wildman–Crippen LogP) is 2.66. The van der Waals surface area contributed by atoms with Crippen LogP contribution in [0.4, 0.5) is 14.5 Å². The Morgan fingerprint density at radius 2 is 2.00 bits per heavy atom. The quantitative estimate of drug-likeness (QED) is 0.208. The number of ketones is 1. The number of hydrogen-bond acceptors (Lipinski definition) is 5. The third-order valence-electron chi connectivity index (χ3n) is 2.24. The molecule has 1 aromatic carbocycles. The van der Waals surface area contributed by atoms with E-state index in [4.69, 9.17) is 11.6 Å². The number of ether oxygens (including phenoxy) is 1. The van der Waals surface area contributed by atoms with Crippen LogP contribution in [0.3, 0.4) is 0 Å². The lowest BCUT2D eigenvalue weighted by atomic mass is 10.1. The van der Waals surface area contributed by atoms with Crippen molar-refractivity contribution < 1.29 is 28.0 Å². The molecule has 9 heteroatoms. The Hall–Kier alpha value is -2.09. The first-order valence-electron chi connectivity index (χ1n) is 5.30. The van der Waals surface area contributed by atoms with E-state index >= 15 is 0 Å². The second-order valence-electron chi connectivity index (χ2n) is 3.55. The molecular weight excluding hydrogens is 300 g/mol. The molecule has 0 saturated carbocycles. The van der Waals surface area contributed by atoms with E-state index in [9.17, 15) is 28.5 Å². The Kier molecular flexibility index (Phi) is 5.09. The van der Waals surface area contributed by atoms with Gasteiger partial charge in [0.25, 0.3) is 0 Å². The topological polar surface area (TPSA) is 86.5 Å². The minimum atomic E-state index is -1.58. The lowest BCUT2D eigenvalue weighted by Crippen LogP contribution is -2.13. The highest BCUT2D eigenvalue weighted by atomic mass is 35.5. The molecule has 0 aliphatic carbocycles. The summed E-state index contributed by atoms with van der Waals surface area (Å²) in [5.41, 5.74) is -1.99. The molecular formula is C11H8ClF2NO5. The Morgan fingerprint density at radius 3 is 2.50 bits per heavy atom. The summed E-state index contributed by atoms with van der Waals surface area (Å²) in [6, 6.07) is 0.401. The minimum absolute atomic E-state index is 0.0128. The van der Waals surface area contributed by atoms with Gasteiger partial charge in [-0.25, -0.2) is 4.39 Å². The number of rotatable bonds is 5. The van der Waals surface area contributed by atoms with Crippen LogP contribution in [0.1, 0.15) is 23.7 Å². The van der Waals surface area contributed by atoms with Crippen LogP contribution in [-0.2, 0) is 9.53 Å². The fourth-order valence-corrected chi connectivity index (χ4v) is 1.56. The lowest BCUT2D eigenvalue weighted by molar-refractivity contribution is -0.387. The molecule has 0 N–H and O–H groups in total. The molecule has 0 fully saturated rings.